The average molecular weight is 235 g/mol. The molecule has 17 heavy (non-hydrogen) atoms. The van der Waals surface area contributed by atoms with Gasteiger partial charge >= 0.3 is 6.09 Å². The van der Waals surface area contributed by atoms with Gasteiger partial charge in [-0.05, 0) is 19.9 Å². The monoisotopic (exact) mass is 235 g/mol. The summed E-state index contributed by atoms with van der Waals surface area (Å²) in [6, 6.07) is 0. The molecule has 5 heteroatoms. The van der Waals surface area contributed by atoms with Crippen molar-refractivity contribution in [3.8, 4) is 0 Å². The van der Waals surface area contributed by atoms with E-state index in [0.717, 1.165) is 0 Å². The summed E-state index contributed by atoms with van der Waals surface area (Å²) in [5.74, 6) is -1.43. The molecule has 0 spiro atoms. The number of allylic oxidation sites excluding steroid dienone is 3. The zero-order valence-electron chi connectivity index (χ0n) is 9.73. The molecule has 3 amide bonds. The van der Waals surface area contributed by atoms with Crippen molar-refractivity contribution in [1.29, 1.82) is 0 Å². The van der Waals surface area contributed by atoms with Crippen LogP contribution >= 0.6 is 0 Å². The zero-order chi connectivity index (χ0) is 13.0. The summed E-state index contributed by atoms with van der Waals surface area (Å²) >= 11 is 0. The minimum atomic E-state index is -0.965. The third-order valence-corrected chi connectivity index (χ3v) is 2.13. The Kier molecular flexibility index (Phi) is 3.98. The van der Waals surface area contributed by atoms with Crippen molar-refractivity contribution >= 4 is 17.9 Å². The molecule has 1 saturated heterocycles. The van der Waals surface area contributed by atoms with Crippen molar-refractivity contribution in [1.82, 2.24) is 4.90 Å². The lowest BCUT2D eigenvalue weighted by molar-refractivity contribution is -0.134. The van der Waals surface area contributed by atoms with E-state index in [1.165, 1.54) is 6.08 Å². The fraction of sp³-hybridized carbons (Fsp3) is 0.250. The number of rotatable bonds is 2. The molecule has 1 aliphatic rings. The highest BCUT2D eigenvalue weighted by atomic mass is 16.6. The van der Waals surface area contributed by atoms with Gasteiger partial charge in [0.15, 0.2) is 0 Å². The van der Waals surface area contributed by atoms with Crippen LogP contribution < -0.4 is 0 Å². The van der Waals surface area contributed by atoms with Crippen LogP contribution in [0.4, 0.5) is 4.79 Å². The Balaban J connectivity index is 3.06. The van der Waals surface area contributed by atoms with Gasteiger partial charge in [-0.3, -0.25) is 9.59 Å². The molecule has 0 atom stereocenters. The fourth-order valence-corrected chi connectivity index (χ4v) is 1.31. The second kappa shape index (κ2) is 5.25. The number of carbonyl (C=O) groups excluding carboxylic acids is 3. The molecule has 5 nitrogen and oxygen atoms in total. The minimum absolute atomic E-state index is 0.00107. The Morgan fingerprint density at radius 1 is 1.41 bits per heavy atom. The Hall–Kier alpha value is -2.17. The average Bonchev–Trinajstić information content (AvgIpc) is 2.49. The molecule has 0 aliphatic carbocycles. The summed E-state index contributed by atoms with van der Waals surface area (Å²) in [6.07, 6.45) is 3.78. The van der Waals surface area contributed by atoms with E-state index in [1.54, 1.807) is 26.0 Å². The van der Waals surface area contributed by atoms with Crippen LogP contribution in [0.1, 0.15) is 13.8 Å². The first kappa shape index (κ1) is 12.9. The lowest BCUT2D eigenvalue weighted by Gasteiger charge is -2.09. The van der Waals surface area contributed by atoms with Gasteiger partial charge in [0, 0.05) is 5.57 Å². The minimum Gasteiger partial charge on any atom is -0.449 e. The number of likely N-dealkylation sites (tertiary alicyclic amines) is 1. The summed E-state index contributed by atoms with van der Waals surface area (Å²) in [5.41, 5.74) is 0.113. The molecule has 0 aromatic carbocycles. The summed E-state index contributed by atoms with van der Waals surface area (Å²) < 4.78 is 4.63. The number of hydrogen-bond acceptors (Lipinski definition) is 4. The topological polar surface area (TPSA) is 63.7 Å². The van der Waals surface area contributed by atoms with Crippen molar-refractivity contribution in [3.05, 3.63) is 36.0 Å². The summed E-state index contributed by atoms with van der Waals surface area (Å²) in [6.45, 7) is 6.94. The second-order valence-electron chi connectivity index (χ2n) is 3.23. The summed E-state index contributed by atoms with van der Waals surface area (Å²) in [7, 11) is 0. The van der Waals surface area contributed by atoms with Gasteiger partial charge in [0.2, 0.25) is 0 Å². The Labute approximate surface area is 99.0 Å². The molecule has 0 unspecified atom stereocenters. The highest BCUT2D eigenvalue weighted by molar-refractivity contribution is 6.30. The Bertz CT molecular complexity index is 445. The largest absolute Gasteiger partial charge is 0.449 e. The van der Waals surface area contributed by atoms with E-state index < -0.39 is 17.9 Å². The van der Waals surface area contributed by atoms with Gasteiger partial charge < -0.3 is 4.74 Å². The molecule has 0 radical (unpaired) electrons. The second-order valence-corrected chi connectivity index (χ2v) is 3.23. The van der Waals surface area contributed by atoms with E-state index >= 15 is 0 Å². The van der Waals surface area contributed by atoms with Gasteiger partial charge in [0.1, 0.15) is 0 Å². The van der Waals surface area contributed by atoms with E-state index in [2.05, 4.69) is 11.3 Å². The van der Waals surface area contributed by atoms with Crippen LogP contribution in [-0.4, -0.2) is 29.4 Å². The van der Waals surface area contributed by atoms with Gasteiger partial charge in [-0.2, -0.15) is 4.90 Å². The first-order valence-electron chi connectivity index (χ1n) is 5.12. The standard InChI is InChI=1S/C12H13NO4/c1-4-6-7-9-8(3)10(14)13(11(9)15)12(16)17-5-2/h4,6-7H,3,5H2,1-2H3/b6-4-,9-7+. The van der Waals surface area contributed by atoms with E-state index in [0.29, 0.717) is 4.90 Å². The molecule has 0 bridgehead atoms. The maximum atomic E-state index is 11.8. The molecule has 0 N–H and O–H groups in total. The Morgan fingerprint density at radius 2 is 2.06 bits per heavy atom. The van der Waals surface area contributed by atoms with E-state index in [4.69, 9.17) is 0 Å². The summed E-state index contributed by atoms with van der Waals surface area (Å²) in [4.78, 5) is 35.3. The smallest absolute Gasteiger partial charge is 0.424 e. The zero-order valence-corrected chi connectivity index (χ0v) is 9.73. The molecule has 1 aliphatic heterocycles. The molecule has 1 heterocycles. The molecular weight excluding hydrogens is 222 g/mol. The normalized spacial score (nSPS) is 18.6. The van der Waals surface area contributed by atoms with Gasteiger partial charge in [-0.25, -0.2) is 4.79 Å². The highest BCUT2D eigenvalue weighted by Gasteiger charge is 2.42. The van der Waals surface area contributed by atoms with Gasteiger partial charge in [0.05, 0.1) is 12.2 Å². The van der Waals surface area contributed by atoms with Crippen molar-refractivity contribution in [2.45, 2.75) is 13.8 Å². The van der Waals surface area contributed by atoms with Crippen LogP contribution in [0.5, 0.6) is 0 Å². The third-order valence-electron chi connectivity index (χ3n) is 2.13. The molecule has 0 aromatic rings. The highest BCUT2D eigenvalue weighted by Crippen LogP contribution is 2.24. The van der Waals surface area contributed by atoms with Crippen LogP contribution in [-0.2, 0) is 14.3 Å². The van der Waals surface area contributed by atoms with E-state index in [9.17, 15) is 14.4 Å². The number of amides is 3. The fourth-order valence-electron chi connectivity index (χ4n) is 1.31. The first-order valence-corrected chi connectivity index (χ1v) is 5.12. The molecule has 0 saturated carbocycles. The maximum Gasteiger partial charge on any atom is 0.424 e. The van der Waals surface area contributed by atoms with Crippen molar-refractivity contribution in [2.75, 3.05) is 6.61 Å². The van der Waals surface area contributed by atoms with Crippen molar-refractivity contribution in [2.24, 2.45) is 0 Å². The predicted octanol–water partition coefficient (Wildman–Crippen LogP) is 1.57. The Morgan fingerprint density at radius 3 is 2.59 bits per heavy atom. The van der Waals surface area contributed by atoms with Gasteiger partial charge in [0.25, 0.3) is 11.8 Å². The van der Waals surface area contributed by atoms with Crippen LogP contribution in [0.2, 0.25) is 0 Å². The summed E-state index contributed by atoms with van der Waals surface area (Å²) in [5, 5.41) is 0. The van der Waals surface area contributed by atoms with Crippen LogP contribution in [0.3, 0.4) is 0 Å². The van der Waals surface area contributed by atoms with Crippen molar-refractivity contribution in [3.63, 3.8) is 0 Å². The van der Waals surface area contributed by atoms with Crippen LogP contribution in [0.25, 0.3) is 0 Å². The number of nitrogens with zero attached hydrogens (tertiary/aromatic N) is 1. The third kappa shape index (κ3) is 2.33. The lowest BCUT2D eigenvalue weighted by Crippen LogP contribution is -2.36. The maximum absolute atomic E-state index is 11.8. The predicted molar refractivity (Wildman–Crippen MR) is 60.9 cm³/mol. The van der Waals surface area contributed by atoms with Gasteiger partial charge in [-0.1, -0.05) is 18.7 Å². The molecule has 1 fully saturated rings. The number of imide groups is 3. The van der Waals surface area contributed by atoms with Crippen LogP contribution in [0, 0.1) is 0 Å². The SMILES string of the molecule is C=C1C(=O)N(C(=O)OCC)C(=O)/C1=C/C=C\C. The quantitative estimate of drug-likeness (QED) is 0.538. The lowest BCUT2D eigenvalue weighted by atomic mass is 10.1. The first-order chi connectivity index (χ1) is 8.04. The molecule has 90 valence electrons. The van der Waals surface area contributed by atoms with Crippen LogP contribution in [0.15, 0.2) is 36.0 Å². The number of hydrogen-bond donors (Lipinski definition) is 0. The molecule has 1 rings (SSSR count). The number of carbonyl (C=O) groups is 3. The molecular formula is C12H13NO4. The van der Waals surface area contributed by atoms with E-state index in [1.807, 2.05) is 0 Å². The van der Waals surface area contributed by atoms with Gasteiger partial charge in [-0.15, -0.1) is 0 Å². The van der Waals surface area contributed by atoms with E-state index in [-0.39, 0.29) is 17.8 Å². The van der Waals surface area contributed by atoms with Crippen molar-refractivity contribution < 1.29 is 19.1 Å². The number of ether oxygens (including phenoxy) is 1. The molecule has 0 aromatic heterocycles.